The van der Waals surface area contributed by atoms with E-state index in [2.05, 4.69) is 43.5 Å². The number of hydrogen-bond donors (Lipinski definition) is 0. The molecule has 0 bridgehead atoms. The van der Waals surface area contributed by atoms with Crippen molar-refractivity contribution < 1.29 is 0 Å². The average molecular weight is 214 g/mol. The van der Waals surface area contributed by atoms with Crippen LogP contribution in [0.2, 0.25) is 0 Å². The van der Waals surface area contributed by atoms with E-state index in [9.17, 15) is 0 Å². The van der Waals surface area contributed by atoms with Crippen molar-refractivity contribution in [2.75, 3.05) is 0 Å². The molecule has 16 heavy (non-hydrogen) atoms. The molecule has 0 fully saturated rings. The molecule has 2 nitrogen and oxygen atoms in total. The molecule has 2 aromatic rings. The Labute approximate surface area is 96.3 Å². The number of pyridine rings is 1. The van der Waals surface area contributed by atoms with E-state index in [1.165, 1.54) is 36.2 Å². The number of aryl methyl sites for hydroxylation is 2. The lowest BCUT2D eigenvalue weighted by Gasteiger charge is -2.28. The van der Waals surface area contributed by atoms with E-state index in [4.69, 9.17) is 4.98 Å². The van der Waals surface area contributed by atoms with Crippen molar-refractivity contribution >= 4 is 5.65 Å². The highest BCUT2D eigenvalue weighted by Crippen LogP contribution is 2.36. The maximum absolute atomic E-state index is 4.81. The monoisotopic (exact) mass is 214 g/mol. The van der Waals surface area contributed by atoms with Crippen LogP contribution < -0.4 is 0 Å². The summed E-state index contributed by atoms with van der Waals surface area (Å²) in [6, 6.07) is 4.27. The highest BCUT2D eigenvalue weighted by molar-refractivity contribution is 5.47. The van der Waals surface area contributed by atoms with E-state index < -0.39 is 0 Å². The Kier molecular flexibility index (Phi) is 1.91. The molecule has 0 saturated heterocycles. The molecule has 0 saturated carbocycles. The third kappa shape index (κ3) is 1.29. The van der Waals surface area contributed by atoms with Crippen LogP contribution in [0.25, 0.3) is 5.65 Å². The second kappa shape index (κ2) is 3.09. The minimum atomic E-state index is 0.244. The van der Waals surface area contributed by atoms with Gasteiger partial charge in [0.1, 0.15) is 5.65 Å². The summed E-state index contributed by atoms with van der Waals surface area (Å²) in [5.41, 5.74) is 5.38. The fourth-order valence-corrected chi connectivity index (χ4v) is 2.80. The summed E-state index contributed by atoms with van der Waals surface area (Å²) in [6.07, 6.45) is 5.91. The molecule has 0 radical (unpaired) electrons. The van der Waals surface area contributed by atoms with Gasteiger partial charge in [-0.3, -0.25) is 0 Å². The lowest BCUT2D eigenvalue weighted by atomic mass is 9.78. The van der Waals surface area contributed by atoms with Crippen molar-refractivity contribution in [2.45, 2.75) is 45.4 Å². The fraction of sp³-hybridized carbons (Fsp3) is 0.500. The van der Waals surface area contributed by atoms with Crippen LogP contribution >= 0.6 is 0 Å². The fourth-order valence-electron chi connectivity index (χ4n) is 2.80. The third-order valence-corrected chi connectivity index (χ3v) is 3.72. The summed E-state index contributed by atoms with van der Waals surface area (Å²) in [5, 5.41) is 0. The number of nitrogens with zero attached hydrogens (tertiary/aromatic N) is 2. The van der Waals surface area contributed by atoms with E-state index in [-0.39, 0.29) is 5.41 Å². The number of rotatable bonds is 0. The van der Waals surface area contributed by atoms with Gasteiger partial charge in [-0.25, -0.2) is 4.98 Å². The summed E-state index contributed by atoms with van der Waals surface area (Å²) >= 11 is 0. The molecular formula is C14H18N2. The van der Waals surface area contributed by atoms with E-state index in [0.29, 0.717) is 0 Å². The largest absolute Gasteiger partial charge is 0.304 e. The molecule has 0 amide bonds. The van der Waals surface area contributed by atoms with Crippen LogP contribution in [-0.2, 0) is 11.8 Å². The van der Waals surface area contributed by atoms with E-state index in [1.807, 2.05) is 0 Å². The zero-order valence-electron chi connectivity index (χ0n) is 10.2. The predicted molar refractivity (Wildman–Crippen MR) is 65.9 cm³/mol. The molecule has 2 aromatic heterocycles. The average Bonchev–Trinajstić information content (AvgIpc) is 2.58. The summed E-state index contributed by atoms with van der Waals surface area (Å²) in [5.74, 6) is 0. The first-order chi connectivity index (χ1) is 7.58. The van der Waals surface area contributed by atoms with Crippen molar-refractivity contribution in [1.29, 1.82) is 0 Å². The molecule has 2 heterocycles. The van der Waals surface area contributed by atoms with Crippen molar-refractivity contribution in [3.05, 3.63) is 35.3 Å². The molecule has 0 aromatic carbocycles. The second-order valence-corrected chi connectivity index (χ2v) is 5.58. The summed E-state index contributed by atoms with van der Waals surface area (Å²) in [4.78, 5) is 4.81. The first-order valence-corrected chi connectivity index (χ1v) is 6.06. The van der Waals surface area contributed by atoms with Gasteiger partial charge >= 0.3 is 0 Å². The highest BCUT2D eigenvalue weighted by Gasteiger charge is 2.31. The van der Waals surface area contributed by atoms with Gasteiger partial charge in [0, 0.05) is 17.3 Å². The number of hydrogen-bond acceptors (Lipinski definition) is 1. The van der Waals surface area contributed by atoms with Crippen LogP contribution in [0.5, 0.6) is 0 Å². The Morgan fingerprint density at radius 2 is 2.12 bits per heavy atom. The van der Waals surface area contributed by atoms with Crippen LogP contribution in [-0.4, -0.2) is 9.38 Å². The molecular weight excluding hydrogens is 196 g/mol. The zero-order valence-corrected chi connectivity index (χ0v) is 10.2. The molecule has 1 aliphatic rings. The van der Waals surface area contributed by atoms with Gasteiger partial charge in [-0.1, -0.05) is 19.9 Å². The maximum atomic E-state index is 4.81. The van der Waals surface area contributed by atoms with Gasteiger partial charge < -0.3 is 4.40 Å². The molecule has 0 atom stereocenters. The Hall–Kier alpha value is -1.31. The Bertz CT molecular complexity index is 549. The topological polar surface area (TPSA) is 17.3 Å². The van der Waals surface area contributed by atoms with Crippen LogP contribution in [0.3, 0.4) is 0 Å². The van der Waals surface area contributed by atoms with Crippen molar-refractivity contribution in [3.8, 4) is 0 Å². The third-order valence-electron chi connectivity index (χ3n) is 3.72. The molecule has 0 spiro atoms. The van der Waals surface area contributed by atoms with E-state index >= 15 is 0 Å². The highest BCUT2D eigenvalue weighted by atomic mass is 15.0. The predicted octanol–water partition coefficient (Wildman–Crippen LogP) is 3.26. The van der Waals surface area contributed by atoms with Crippen LogP contribution in [0.4, 0.5) is 0 Å². The van der Waals surface area contributed by atoms with Gasteiger partial charge in [0.15, 0.2) is 0 Å². The first-order valence-electron chi connectivity index (χ1n) is 6.06. The molecule has 0 aliphatic heterocycles. The lowest BCUT2D eigenvalue weighted by molar-refractivity contribution is 0.418. The second-order valence-electron chi connectivity index (χ2n) is 5.58. The molecule has 3 rings (SSSR count). The molecule has 1 aliphatic carbocycles. The summed E-state index contributed by atoms with van der Waals surface area (Å²) < 4.78 is 2.28. The standard InChI is InChI=1S/C14H18N2/c1-10-6-7-12-15-13-11(16(12)9-10)5-4-8-14(13,2)3/h6-7,9H,4-5,8H2,1-3H3. The number of fused-ring (bicyclic) bond motifs is 3. The van der Waals surface area contributed by atoms with Crippen molar-refractivity contribution in [2.24, 2.45) is 0 Å². The minimum absolute atomic E-state index is 0.244. The van der Waals surface area contributed by atoms with Crippen LogP contribution in [0.1, 0.15) is 43.6 Å². The van der Waals surface area contributed by atoms with Gasteiger partial charge in [-0.15, -0.1) is 0 Å². The smallest absolute Gasteiger partial charge is 0.137 e. The normalized spacial score (nSPS) is 18.7. The molecule has 0 N–H and O–H groups in total. The number of imidazole rings is 1. The van der Waals surface area contributed by atoms with Gasteiger partial charge in [0.25, 0.3) is 0 Å². The van der Waals surface area contributed by atoms with Crippen LogP contribution in [0, 0.1) is 6.92 Å². The van der Waals surface area contributed by atoms with E-state index in [0.717, 1.165) is 5.65 Å². The molecule has 84 valence electrons. The van der Waals surface area contributed by atoms with Gasteiger partial charge in [0.2, 0.25) is 0 Å². The van der Waals surface area contributed by atoms with Gasteiger partial charge in [-0.05, 0) is 37.8 Å². The lowest BCUT2D eigenvalue weighted by Crippen LogP contribution is -2.24. The Morgan fingerprint density at radius 1 is 1.31 bits per heavy atom. The van der Waals surface area contributed by atoms with Crippen LogP contribution in [0.15, 0.2) is 18.3 Å². The first kappa shape index (κ1) is 9.88. The Balaban J connectivity index is 2.33. The van der Waals surface area contributed by atoms with Crippen molar-refractivity contribution in [1.82, 2.24) is 9.38 Å². The quantitative estimate of drug-likeness (QED) is 0.658. The summed E-state index contributed by atoms with van der Waals surface area (Å²) in [7, 11) is 0. The SMILES string of the molecule is Cc1ccc2nc3c(n2c1)CCCC3(C)C. The minimum Gasteiger partial charge on any atom is -0.304 e. The van der Waals surface area contributed by atoms with Gasteiger partial charge in [0.05, 0.1) is 5.69 Å². The number of aromatic nitrogens is 2. The maximum Gasteiger partial charge on any atom is 0.137 e. The molecule has 0 unspecified atom stereocenters. The zero-order chi connectivity index (χ0) is 11.3. The molecule has 2 heteroatoms. The van der Waals surface area contributed by atoms with Crippen molar-refractivity contribution in [3.63, 3.8) is 0 Å². The summed E-state index contributed by atoms with van der Waals surface area (Å²) in [6.45, 7) is 6.76. The van der Waals surface area contributed by atoms with Gasteiger partial charge in [-0.2, -0.15) is 0 Å². The Morgan fingerprint density at radius 3 is 2.94 bits per heavy atom. The van der Waals surface area contributed by atoms with E-state index in [1.54, 1.807) is 0 Å².